The summed E-state index contributed by atoms with van der Waals surface area (Å²) in [5.74, 6) is 1.46. The molecule has 1 aromatic carbocycles. The number of carbonyl (C=O) groups excluding carboxylic acids is 1. The lowest BCUT2D eigenvalue weighted by molar-refractivity contribution is -0.119. The van der Waals surface area contributed by atoms with Gasteiger partial charge in [-0.3, -0.25) is 14.6 Å². The van der Waals surface area contributed by atoms with Gasteiger partial charge in [0.1, 0.15) is 17.5 Å². The summed E-state index contributed by atoms with van der Waals surface area (Å²) in [4.78, 5) is 27.4. The Kier molecular flexibility index (Phi) is 6.22. The maximum Gasteiger partial charge on any atom is 0.228 e. The van der Waals surface area contributed by atoms with Gasteiger partial charge >= 0.3 is 0 Å². The highest BCUT2D eigenvalue weighted by Gasteiger charge is 2.36. The monoisotopic (exact) mass is 436 g/mol. The molecule has 1 amide bonds. The number of amides is 1. The van der Waals surface area contributed by atoms with Crippen molar-refractivity contribution in [3.63, 3.8) is 0 Å². The average Bonchev–Trinajstić information content (AvgIpc) is 3.12. The second-order valence-corrected chi connectivity index (χ2v) is 9.62. The van der Waals surface area contributed by atoms with Crippen LogP contribution in [0.1, 0.15) is 86.5 Å². The van der Waals surface area contributed by atoms with Crippen LogP contribution in [-0.4, -0.2) is 33.4 Å². The summed E-state index contributed by atoms with van der Waals surface area (Å²) in [6.45, 7) is 3.59. The van der Waals surface area contributed by atoms with Crippen LogP contribution in [0.3, 0.4) is 0 Å². The van der Waals surface area contributed by atoms with Gasteiger partial charge in [0.25, 0.3) is 0 Å². The van der Waals surface area contributed by atoms with Crippen LogP contribution in [0.15, 0.2) is 24.3 Å². The van der Waals surface area contributed by atoms with Crippen LogP contribution in [0, 0.1) is 12.7 Å². The van der Waals surface area contributed by atoms with Gasteiger partial charge in [-0.15, -0.1) is 0 Å². The first kappa shape index (κ1) is 21.5. The molecule has 1 saturated heterocycles. The SMILES string of the molecule is Cc1nc(C2CCCN2C2CCCCCC2)nc2c1CCC(=O)N2Cc1ccc(F)cc1. The molecule has 1 saturated carbocycles. The van der Waals surface area contributed by atoms with Crippen molar-refractivity contribution in [3.05, 3.63) is 52.7 Å². The Hall–Kier alpha value is -2.34. The van der Waals surface area contributed by atoms with E-state index in [0.717, 1.165) is 41.4 Å². The molecule has 0 bridgehead atoms. The van der Waals surface area contributed by atoms with Gasteiger partial charge in [-0.1, -0.05) is 37.8 Å². The van der Waals surface area contributed by atoms with E-state index < -0.39 is 0 Å². The highest BCUT2D eigenvalue weighted by atomic mass is 19.1. The molecule has 0 radical (unpaired) electrons. The number of aryl methyl sites for hydroxylation is 1. The van der Waals surface area contributed by atoms with Crippen molar-refractivity contribution in [3.8, 4) is 0 Å². The maximum absolute atomic E-state index is 13.4. The molecule has 5 nitrogen and oxygen atoms in total. The van der Waals surface area contributed by atoms with E-state index in [9.17, 15) is 9.18 Å². The molecule has 3 aliphatic rings. The fraction of sp³-hybridized carbons (Fsp3) is 0.577. The Morgan fingerprint density at radius 3 is 2.47 bits per heavy atom. The van der Waals surface area contributed by atoms with E-state index in [1.54, 1.807) is 17.0 Å². The van der Waals surface area contributed by atoms with Crippen molar-refractivity contribution < 1.29 is 9.18 Å². The summed E-state index contributed by atoms with van der Waals surface area (Å²) in [5, 5.41) is 0. The van der Waals surface area contributed by atoms with Crippen LogP contribution in [0.25, 0.3) is 0 Å². The number of nitrogens with zero attached hydrogens (tertiary/aromatic N) is 4. The van der Waals surface area contributed by atoms with Gasteiger partial charge in [0, 0.05) is 23.7 Å². The van der Waals surface area contributed by atoms with Gasteiger partial charge in [0.05, 0.1) is 12.6 Å². The molecule has 2 aromatic rings. The molecule has 0 N–H and O–H groups in total. The Labute approximate surface area is 190 Å². The highest BCUT2D eigenvalue weighted by molar-refractivity contribution is 5.95. The van der Waals surface area contributed by atoms with Crippen LogP contribution in [0.2, 0.25) is 0 Å². The predicted octanol–water partition coefficient (Wildman–Crippen LogP) is 5.26. The van der Waals surface area contributed by atoms with Crippen LogP contribution in [0.5, 0.6) is 0 Å². The van der Waals surface area contributed by atoms with Crippen LogP contribution in [0.4, 0.5) is 10.2 Å². The number of likely N-dealkylation sites (tertiary alicyclic amines) is 1. The third-order valence-corrected chi connectivity index (χ3v) is 7.49. The van der Waals surface area contributed by atoms with Crippen molar-refractivity contribution in [1.82, 2.24) is 14.9 Å². The molecule has 2 fully saturated rings. The van der Waals surface area contributed by atoms with E-state index in [2.05, 4.69) is 11.8 Å². The van der Waals surface area contributed by atoms with Crippen LogP contribution >= 0.6 is 0 Å². The van der Waals surface area contributed by atoms with Gasteiger partial charge in [-0.2, -0.15) is 0 Å². The predicted molar refractivity (Wildman–Crippen MR) is 123 cm³/mol. The molecule has 6 heteroatoms. The van der Waals surface area contributed by atoms with Gasteiger partial charge < -0.3 is 0 Å². The zero-order chi connectivity index (χ0) is 22.1. The van der Waals surface area contributed by atoms with Crippen molar-refractivity contribution in [2.45, 2.75) is 89.8 Å². The second kappa shape index (κ2) is 9.26. The van der Waals surface area contributed by atoms with Crippen molar-refractivity contribution in [2.24, 2.45) is 0 Å². The Morgan fingerprint density at radius 1 is 0.969 bits per heavy atom. The van der Waals surface area contributed by atoms with Crippen LogP contribution in [-0.2, 0) is 17.8 Å². The minimum absolute atomic E-state index is 0.0814. The topological polar surface area (TPSA) is 49.3 Å². The fourth-order valence-corrected chi connectivity index (χ4v) is 5.78. The number of rotatable bonds is 4. The minimum atomic E-state index is -0.264. The second-order valence-electron chi connectivity index (χ2n) is 9.62. The molecular weight excluding hydrogens is 403 g/mol. The molecule has 32 heavy (non-hydrogen) atoms. The number of halogens is 1. The quantitative estimate of drug-likeness (QED) is 0.613. The molecule has 170 valence electrons. The summed E-state index contributed by atoms with van der Waals surface area (Å²) >= 11 is 0. The molecule has 5 rings (SSSR count). The number of anilines is 1. The molecule has 3 heterocycles. The third kappa shape index (κ3) is 4.29. The van der Waals surface area contributed by atoms with E-state index >= 15 is 0 Å². The first-order valence-corrected chi connectivity index (χ1v) is 12.3. The lowest BCUT2D eigenvalue weighted by Gasteiger charge is -2.34. The number of carbonyl (C=O) groups is 1. The average molecular weight is 437 g/mol. The third-order valence-electron chi connectivity index (χ3n) is 7.49. The standard InChI is InChI=1S/C26H33FN4O/c1-18-22-14-15-24(32)31(17-19-10-12-20(27)13-11-19)26(22)29-25(28-18)23-9-6-16-30(23)21-7-4-2-3-5-8-21/h10-13,21,23H,2-9,14-17H2,1H3. The summed E-state index contributed by atoms with van der Waals surface area (Å²) in [5.41, 5.74) is 2.98. The summed E-state index contributed by atoms with van der Waals surface area (Å²) in [6.07, 6.45) is 11.3. The van der Waals surface area contributed by atoms with E-state index in [1.165, 1.54) is 57.1 Å². The van der Waals surface area contributed by atoms with E-state index in [1.807, 2.05) is 0 Å². The normalized spacial score (nSPS) is 22.8. The van der Waals surface area contributed by atoms with Gasteiger partial charge in [-0.25, -0.2) is 14.4 Å². The first-order valence-electron chi connectivity index (χ1n) is 12.3. The van der Waals surface area contributed by atoms with Crippen molar-refractivity contribution in [1.29, 1.82) is 0 Å². The number of hydrogen-bond acceptors (Lipinski definition) is 4. The first-order chi connectivity index (χ1) is 15.6. The molecule has 1 aromatic heterocycles. The number of hydrogen-bond donors (Lipinski definition) is 0. The van der Waals surface area contributed by atoms with E-state index in [-0.39, 0.29) is 17.8 Å². The Balaban J connectivity index is 1.46. The molecule has 1 unspecified atom stereocenters. The summed E-state index contributed by atoms with van der Waals surface area (Å²) in [6, 6.07) is 7.26. The van der Waals surface area contributed by atoms with Gasteiger partial charge in [0.2, 0.25) is 5.91 Å². The molecule has 2 aliphatic heterocycles. The van der Waals surface area contributed by atoms with Gasteiger partial charge in [-0.05, 0) is 63.3 Å². The Morgan fingerprint density at radius 2 is 1.72 bits per heavy atom. The smallest absolute Gasteiger partial charge is 0.228 e. The lowest BCUT2D eigenvalue weighted by atomic mass is 10.0. The minimum Gasteiger partial charge on any atom is -0.292 e. The van der Waals surface area contributed by atoms with Gasteiger partial charge in [0.15, 0.2) is 0 Å². The molecule has 1 aliphatic carbocycles. The Bertz CT molecular complexity index is 969. The van der Waals surface area contributed by atoms with E-state index in [4.69, 9.17) is 9.97 Å². The number of aromatic nitrogens is 2. The number of fused-ring (bicyclic) bond motifs is 1. The maximum atomic E-state index is 13.4. The number of benzene rings is 1. The zero-order valence-corrected chi connectivity index (χ0v) is 19.0. The lowest BCUT2D eigenvalue weighted by Crippen LogP contribution is -2.38. The fourth-order valence-electron chi connectivity index (χ4n) is 5.78. The van der Waals surface area contributed by atoms with Crippen LogP contribution < -0.4 is 4.90 Å². The molecule has 0 spiro atoms. The van der Waals surface area contributed by atoms with Crippen molar-refractivity contribution in [2.75, 3.05) is 11.4 Å². The largest absolute Gasteiger partial charge is 0.292 e. The molecule has 1 atom stereocenters. The highest BCUT2D eigenvalue weighted by Crippen LogP contribution is 2.38. The van der Waals surface area contributed by atoms with Crippen molar-refractivity contribution >= 4 is 11.7 Å². The summed E-state index contributed by atoms with van der Waals surface area (Å²) in [7, 11) is 0. The molecular formula is C26H33FN4O. The summed E-state index contributed by atoms with van der Waals surface area (Å²) < 4.78 is 13.4. The van der Waals surface area contributed by atoms with E-state index in [0.29, 0.717) is 25.4 Å². The zero-order valence-electron chi connectivity index (χ0n) is 19.0.